The Kier molecular flexibility index (Phi) is 3.74. The van der Waals surface area contributed by atoms with Crippen LogP contribution in [0.2, 0.25) is 0 Å². The number of carboxylic acid groups (broad SMARTS) is 1. The Morgan fingerprint density at radius 3 is 2.18 bits per heavy atom. The lowest BCUT2D eigenvalue weighted by atomic mass is 10.3. The van der Waals surface area contributed by atoms with Gasteiger partial charge in [0.05, 0.1) is 0 Å². The van der Waals surface area contributed by atoms with Gasteiger partial charge in [0.15, 0.2) is 0 Å². The third-order valence-corrected chi connectivity index (χ3v) is 3.61. The number of aromatic nitrogens is 2. The monoisotopic (exact) mass is 293 g/mol. The number of aromatic carboxylic acids is 1. The summed E-state index contributed by atoms with van der Waals surface area (Å²) >= 11 is 0. The molecule has 0 saturated carbocycles. The Bertz CT molecular complexity index is 793. The quantitative estimate of drug-likeness (QED) is 0.752. The summed E-state index contributed by atoms with van der Waals surface area (Å²) in [4.78, 5) is 11.9. The molecular formula is C18H17N2O2+. The molecule has 0 radical (unpaired) electrons. The second kappa shape index (κ2) is 5.85. The SMILES string of the molecule is CCc1c[n+](-c2ccccc2)c(C(=O)O)n1-c1ccccc1. The number of imidazole rings is 1. The second-order valence-electron chi connectivity index (χ2n) is 4.98. The Morgan fingerprint density at radius 2 is 1.64 bits per heavy atom. The molecule has 0 spiro atoms. The maximum atomic E-state index is 11.9. The molecule has 0 aliphatic heterocycles. The van der Waals surface area contributed by atoms with Crippen LogP contribution in [-0.2, 0) is 6.42 Å². The largest absolute Gasteiger partial charge is 0.472 e. The van der Waals surface area contributed by atoms with E-state index in [9.17, 15) is 9.90 Å². The van der Waals surface area contributed by atoms with E-state index in [4.69, 9.17) is 0 Å². The van der Waals surface area contributed by atoms with Crippen LogP contribution < -0.4 is 4.57 Å². The average molecular weight is 293 g/mol. The van der Waals surface area contributed by atoms with Crippen molar-refractivity contribution in [2.75, 3.05) is 0 Å². The van der Waals surface area contributed by atoms with Gasteiger partial charge in [0.1, 0.15) is 23.3 Å². The summed E-state index contributed by atoms with van der Waals surface area (Å²) in [5.41, 5.74) is 2.64. The molecule has 2 aromatic carbocycles. The van der Waals surface area contributed by atoms with Gasteiger partial charge in [0.2, 0.25) is 0 Å². The van der Waals surface area contributed by atoms with Crippen LogP contribution in [0.25, 0.3) is 11.4 Å². The Morgan fingerprint density at radius 1 is 1.05 bits per heavy atom. The van der Waals surface area contributed by atoms with E-state index in [-0.39, 0.29) is 5.82 Å². The lowest BCUT2D eigenvalue weighted by Crippen LogP contribution is -2.37. The predicted octanol–water partition coefficient (Wildman–Crippen LogP) is 3.01. The summed E-state index contributed by atoms with van der Waals surface area (Å²) in [6.45, 7) is 2.02. The van der Waals surface area contributed by atoms with Crippen LogP contribution >= 0.6 is 0 Å². The lowest BCUT2D eigenvalue weighted by Gasteiger charge is -2.02. The van der Waals surface area contributed by atoms with E-state index in [2.05, 4.69) is 0 Å². The first-order chi connectivity index (χ1) is 10.7. The highest BCUT2D eigenvalue weighted by atomic mass is 16.4. The van der Waals surface area contributed by atoms with E-state index >= 15 is 0 Å². The first-order valence-electron chi connectivity index (χ1n) is 7.22. The van der Waals surface area contributed by atoms with E-state index < -0.39 is 5.97 Å². The van der Waals surface area contributed by atoms with E-state index in [1.807, 2.05) is 73.8 Å². The summed E-state index contributed by atoms with van der Waals surface area (Å²) in [5.74, 6) is -0.721. The highest BCUT2D eigenvalue weighted by Crippen LogP contribution is 2.16. The van der Waals surface area contributed by atoms with Gasteiger partial charge >= 0.3 is 11.8 Å². The van der Waals surface area contributed by atoms with Crippen LogP contribution in [-0.4, -0.2) is 15.6 Å². The van der Waals surface area contributed by atoms with Crippen molar-refractivity contribution < 1.29 is 14.5 Å². The van der Waals surface area contributed by atoms with Crippen molar-refractivity contribution in [3.8, 4) is 11.4 Å². The molecule has 4 nitrogen and oxygen atoms in total. The number of hydrogen-bond acceptors (Lipinski definition) is 1. The van der Waals surface area contributed by atoms with Crippen molar-refractivity contribution in [2.24, 2.45) is 0 Å². The lowest BCUT2D eigenvalue weighted by molar-refractivity contribution is -0.598. The normalized spacial score (nSPS) is 10.6. The summed E-state index contributed by atoms with van der Waals surface area (Å²) in [6, 6.07) is 19.1. The van der Waals surface area contributed by atoms with Gasteiger partial charge in [-0.1, -0.05) is 43.3 Å². The van der Waals surface area contributed by atoms with Crippen molar-refractivity contribution >= 4 is 5.97 Å². The molecule has 0 bridgehead atoms. The van der Waals surface area contributed by atoms with Gasteiger partial charge in [-0.2, -0.15) is 9.13 Å². The highest BCUT2D eigenvalue weighted by Gasteiger charge is 2.30. The number of rotatable bonds is 4. The third kappa shape index (κ3) is 2.39. The molecule has 0 aliphatic carbocycles. The highest BCUT2D eigenvalue weighted by molar-refractivity contribution is 5.83. The number of carbonyl (C=O) groups is 1. The van der Waals surface area contributed by atoms with Crippen molar-refractivity contribution in [1.29, 1.82) is 0 Å². The first-order valence-corrected chi connectivity index (χ1v) is 7.22. The minimum absolute atomic E-state index is 0.231. The molecule has 0 aliphatic rings. The van der Waals surface area contributed by atoms with E-state index in [0.29, 0.717) is 0 Å². The molecular weight excluding hydrogens is 276 g/mol. The fraction of sp³-hybridized carbons (Fsp3) is 0.111. The maximum Gasteiger partial charge on any atom is 0.420 e. The standard InChI is InChI=1S/C18H16N2O2/c1-2-14-13-19(15-9-5-3-6-10-15)17(18(21)22)20(14)16-11-7-4-8-12-16/h3-13H,2H2,1H3/p+1. The molecule has 0 saturated heterocycles. The molecule has 3 aromatic rings. The minimum Gasteiger partial charge on any atom is -0.472 e. The van der Waals surface area contributed by atoms with Crippen molar-refractivity contribution in [2.45, 2.75) is 13.3 Å². The van der Waals surface area contributed by atoms with E-state index in [1.165, 1.54) is 0 Å². The molecule has 0 atom stereocenters. The molecule has 0 fully saturated rings. The number of carboxylic acids is 1. The Hall–Kier alpha value is -2.88. The van der Waals surface area contributed by atoms with Gasteiger partial charge in [-0.3, -0.25) is 0 Å². The maximum absolute atomic E-state index is 11.9. The molecule has 22 heavy (non-hydrogen) atoms. The first kappa shape index (κ1) is 14.1. The Labute approximate surface area is 128 Å². The number of aryl methyl sites for hydroxylation is 1. The van der Waals surface area contributed by atoms with Crippen LogP contribution in [0.1, 0.15) is 23.2 Å². The van der Waals surface area contributed by atoms with Crippen molar-refractivity contribution in [3.63, 3.8) is 0 Å². The molecule has 3 rings (SSSR count). The molecule has 1 N–H and O–H groups in total. The van der Waals surface area contributed by atoms with Gasteiger partial charge in [0, 0.05) is 6.42 Å². The van der Waals surface area contributed by atoms with Crippen LogP contribution in [0.15, 0.2) is 66.9 Å². The van der Waals surface area contributed by atoms with E-state index in [1.54, 1.807) is 9.13 Å². The summed E-state index contributed by atoms with van der Waals surface area (Å²) in [5, 5.41) is 9.74. The molecule has 110 valence electrons. The van der Waals surface area contributed by atoms with Crippen molar-refractivity contribution in [3.05, 3.63) is 78.4 Å². The third-order valence-electron chi connectivity index (χ3n) is 3.61. The van der Waals surface area contributed by atoms with E-state index in [0.717, 1.165) is 23.5 Å². The van der Waals surface area contributed by atoms with Crippen LogP contribution in [0.5, 0.6) is 0 Å². The molecule has 1 aromatic heterocycles. The van der Waals surface area contributed by atoms with Gasteiger partial charge in [-0.15, -0.1) is 0 Å². The zero-order chi connectivity index (χ0) is 15.5. The Balaban J connectivity index is 2.30. The number of benzene rings is 2. The van der Waals surface area contributed by atoms with Crippen LogP contribution in [0, 0.1) is 0 Å². The minimum atomic E-state index is -0.951. The fourth-order valence-corrected chi connectivity index (χ4v) is 2.61. The second-order valence-corrected chi connectivity index (χ2v) is 4.98. The number of para-hydroxylation sites is 2. The van der Waals surface area contributed by atoms with Gasteiger partial charge in [-0.05, 0) is 24.3 Å². The van der Waals surface area contributed by atoms with Gasteiger partial charge in [0.25, 0.3) is 0 Å². The van der Waals surface area contributed by atoms with Crippen LogP contribution in [0.4, 0.5) is 0 Å². The number of hydrogen-bond donors (Lipinski definition) is 1. The zero-order valence-corrected chi connectivity index (χ0v) is 12.3. The van der Waals surface area contributed by atoms with Gasteiger partial charge in [-0.25, -0.2) is 4.79 Å². The molecule has 0 amide bonds. The smallest absolute Gasteiger partial charge is 0.420 e. The van der Waals surface area contributed by atoms with Crippen LogP contribution in [0.3, 0.4) is 0 Å². The summed E-state index contributed by atoms with van der Waals surface area (Å²) in [6.07, 6.45) is 2.64. The molecule has 4 heteroatoms. The summed E-state index contributed by atoms with van der Waals surface area (Å²) < 4.78 is 3.53. The van der Waals surface area contributed by atoms with Crippen molar-refractivity contribution in [1.82, 2.24) is 4.57 Å². The topological polar surface area (TPSA) is 46.1 Å². The fourth-order valence-electron chi connectivity index (χ4n) is 2.61. The molecule has 1 heterocycles. The average Bonchev–Trinajstić information content (AvgIpc) is 2.96. The number of nitrogens with zero attached hydrogens (tertiary/aromatic N) is 2. The van der Waals surface area contributed by atoms with Gasteiger partial charge < -0.3 is 5.11 Å². The zero-order valence-electron chi connectivity index (χ0n) is 12.3. The predicted molar refractivity (Wildman–Crippen MR) is 83.6 cm³/mol. The molecule has 0 unspecified atom stereocenters. The summed E-state index contributed by atoms with van der Waals surface area (Å²) in [7, 11) is 0.